The lowest BCUT2D eigenvalue weighted by Crippen LogP contribution is -2.24. The van der Waals surface area contributed by atoms with E-state index in [0.717, 1.165) is 29.6 Å². The Balaban J connectivity index is 2.37. The highest BCUT2D eigenvalue weighted by atomic mass is 14.8. The Labute approximate surface area is 186 Å². The molecule has 0 aliphatic rings. The molecule has 0 amide bonds. The van der Waals surface area contributed by atoms with Gasteiger partial charge in [-0.2, -0.15) is 0 Å². The number of unbranched alkanes of at least 4 members (excludes halogenated alkanes) is 5. The summed E-state index contributed by atoms with van der Waals surface area (Å²) in [5, 5.41) is 0. The summed E-state index contributed by atoms with van der Waals surface area (Å²) >= 11 is 0. The molecule has 1 unspecified atom stereocenters. The topological polar surface area (TPSA) is 25.8 Å². The van der Waals surface area contributed by atoms with Crippen LogP contribution in [0.1, 0.15) is 129 Å². The molecular formula is C28H46N2. The zero-order chi connectivity index (χ0) is 22.2. The first-order valence-electron chi connectivity index (χ1n) is 12.6. The van der Waals surface area contributed by atoms with Crippen molar-refractivity contribution in [2.45, 2.75) is 130 Å². The van der Waals surface area contributed by atoms with Gasteiger partial charge in [0.25, 0.3) is 0 Å². The van der Waals surface area contributed by atoms with Crippen LogP contribution in [0, 0.1) is 6.92 Å². The van der Waals surface area contributed by atoms with E-state index in [4.69, 9.17) is 9.97 Å². The number of aryl methyl sites for hydroxylation is 1. The van der Waals surface area contributed by atoms with E-state index < -0.39 is 0 Å². The van der Waals surface area contributed by atoms with Crippen molar-refractivity contribution in [2.24, 2.45) is 0 Å². The Kier molecular flexibility index (Phi) is 9.31. The molecule has 0 saturated carbocycles. The van der Waals surface area contributed by atoms with Crippen LogP contribution in [0.3, 0.4) is 0 Å². The van der Waals surface area contributed by atoms with Crippen LogP contribution >= 0.6 is 0 Å². The quantitative estimate of drug-likeness (QED) is 0.308. The molecule has 0 radical (unpaired) electrons. The standard InChI is InChI=1S/C28H46N2/c1-8-12-14-15-16-18-28(7,17-13-9-2)23-20-24-25(19-22(23)5)30-26(21-29-24)27(6,10-3)11-4/h19-21H,8-18H2,1-7H3. The third-order valence-corrected chi connectivity index (χ3v) is 7.63. The third-order valence-electron chi connectivity index (χ3n) is 7.63. The van der Waals surface area contributed by atoms with Crippen molar-refractivity contribution < 1.29 is 0 Å². The van der Waals surface area contributed by atoms with E-state index in [9.17, 15) is 0 Å². The van der Waals surface area contributed by atoms with Gasteiger partial charge >= 0.3 is 0 Å². The summed E-state index contributed by atoms with van der Waals surface area (Å²) in [6.07, 6.45) is 16.0. The Morgan fingerprint density at radius 2 is 1.37 bits per heavy atom. The van der Waals surface area contributed by atoms with Crippen molar-refractivity contribution in [1.29, 1.82) is 0 Å². The van der Waals surface area contributed by atoms with Crippen LogP contribution in [-0.4, -0.2) is 9.97 Å². The van der Waals surface area contributed by atoms with Crippen LogP contribution in [0.25, 0.3) is 11.0 Å². The van der Waals surface area contributed by atoms with Gasteiger partial charge in [0.15, 0.2) is 0 Å². The molecular weight excluding hydrogens is 364 g/mol. The summed E-state index contributed by atoms with van der Waals surface area (Å²) in [7, 11) is 0. The molecule has 30 heavy (non-hydrogen) atoms. The first kappa shape index (κ1) is 24.8. The molecule has 2 aromatic rings. The van der Waals surface area contributed by atoms with Gasteiger partial charge in [0.1, 0.15) is 0 Å². The lowest BCUT2D eigenvalue weighted by atomic mass is 9.72. The molecule has 0 aliphatic heterocycles. The van der Waals surface area contributed by atoms with Gasteiger partial charge in [-0.1, -0.05) is 86.5 Å². The molecule has 0 bridgehead atoms. The first-order valence-corrected chi connectivity index (χ1v) is 12.6. The summed E-state index contributed by atoms with van der Waals surface area (Å²) < 4.78 is 0. The number of rotatable bonds is 13. The number of hydrogen-bond acceptors (Lipinski definition) is 2. The minimum absolute atomic E-state index is 0.113. The van der Waals surface area contributed by atoms with Crippen molar-refractivity contribution in [3.05, 3.63) is 35.2 Å². The van der Waals surface area contributed by atoms with Crippen LogP contribution in [0.2, 0.25) is 0 Å². The van der Waals surface area contributed by atoms with E-state index in [0.29, 0.717) is 0 Å². The summed E-state index contributed by atoms with van der Waals surface area (Å²) in [6.45, 7) is 16.2. The van der Waals surface area contributed by atoms with E-state index in [-0.39, 0.29) is 10.8 Å². The number of hydrogen-bond donors (Lipinski definition) is 0. The second-order valence-corrected chi connectivity index (χ2v) is 10.0. The van der Waals surface area contributed by atoms with Crippen LogP contribution in [0.5, 0.6) is 0 Å². The Morgan fingerprint density at radius 1 is 0.733 bits per heavy atom. The zero-order valence-corrected chi connectivity index (χ0v) is 20.9. The van der Waals surface area contributed by atoms with E-state index in [1.807, 2.05) is 6.20 Å². The SMILES string of the molecule is CCCCCCCC(C)(CCCC)c1cc2ncc(C(C)(CC)CC)nc2cc1C. The third kappa shape index (κ3) is 5.83. The minimum atomic E-state index is 0.113. The summed E-state index contributed by atoms with van der Waals surface area (Å²) in [6, 6.07) is 4.66. The fourth-order valence-corrected chi connectivity index (χ4v) is 4.80. The molecule has 1 aromatic carbocycles. The van der Waals surface area contributed by atoms with Gasteiger partial charge in [0, 0.05) is 11.6 Å². The molecule has 1 atom stereocenters. The van der Waals surface area contributed by atoms with Crippen molar-refractivity contribution in [1.82, 2.24) is 9.97 Å². The second-order valence-electron chi connectivity index (χ2n) is 10.0. The largest absolute Gasteiger partial charge is 0.253 e. The molecule has 1 heterocycles. The van der Waals surface area contributed by atoms with E-state index in [1.54, 1.807) is 0 Å². The monoisotopic (exact) mass is 410 g/mol. The number of nitrogens with zero attached hydrogens (tertiary/aromatic N) is 2. The van der Waals surface area contributed by atoms with Crippen LogP contribution in [0.4, 0.5) is 0 Å². The van der Waals surface area contributed by atoms with Crippen molar-refractivity contribution in [3.63, 3.8) is 0 Å². The first-order chi connectivity index (χ1) is 14.3. The number of benzene rings is 1. The smallest absolute Gasteiger partial charge is 0.0893 e. The maximum atomic E-state index is 5.07. The maximum absolute atomic E-state index is 5.07. The number of fused-ring (bicyclic) bond motifs is 1. The average molecular weight is 411 g/mol. The molecule has 0 N–H and O–H groups in total. The molecule has 2 heteroatoms. The lowest BCUT2D eigenvalue weighted by Gasteiger charge is -2.32. The van der Waals surface area contributed by atoms with E-state index >= 15 is 0 Å². The molecule has 2 rings (SSSR count). The molecule has 0 spiro atoms. The molecule has 1 aromatic heterocycles. The van der Waals surface area contributed by atoms with Gasteiger partial charge in [0.05, 0.1) is 16.7 Å². The predicted octanol–water partition coefficient (Wildman–Crippen LogP) is 8.82. The molecule has 168 valence electrons. The van der Waals surface area contributed by atoms with E-state index in [1.165, 1.54) is 68.9 Å². The normalized spacial score (nSPS) is 14.2. The molecule has 0 saturated heterocycles. The lowest BCUT2D eigenvalue weighted by molar-refractivity contribution is 0.367. The predicted molar refractivity (Wildman–Crippen MR) is 132 cm³/mol. The molecule has 0 fully saturated rings. The van der Waals surface area contributed by atoms with Gasteiger partial charge < -0.3 is 0 Å². The summed E-state index contributed by atoms with van der Waals surface area (Å²) in [5.74, 6) is 0. The van der Waals surface area contributed by atoms with Crippen LogP contribution in [-0.2, 0) is 10.8 Å². The Bertz CT molecular complexity index is 791. The fraction of sp³-hybridized carbons (Fsp3) is 0.714. The van der Waals surface area contributed by atoms with Crippen LogP contribution in [0.15, 0.2) is 18.3 Å². The fourth-order valence-electron chi connectivity index (χ4n) is 4.80. The maximum Gasteiger partial charge on any atom is 0.0893 e. The summed E-state index contributed by atoms with van der Waals surface area (Å²) in [4.78, 5) is 9.97. The highest BCUT2D eigenvalue weighted by molar-refractivity contribution is 5.76. The number of aromatic nitrogens is 2. The van der Waals surface area contributed by atoms with Crippen molar-refractivity contribution >= 4 is 11.0 Å². The van der Waals surface area contributed by atoms with Gasteiger partial charge in [-0.3, -0.25) is 4.98 Å². The van der Waals surface area contributed by atoms with Crippen molar-refractivity contribution in [3.8, 4) is 0 Å². The highest BCUT2D eigenvalue weighted by Crippen LogP contribution is 2.39. The van der Waals surface area contributed by atoms with Gasteiger partial charge in [-0.25, -0.2) is 4.98 Å². The molecule has 2 nitrogen and oxygen atoms in total. The van der Waals surface area contributed by atoms with Crippen molar-refractivity contribution in [2.75, 3.05) is 0 Å². The van der Waals surface area contributed by atoms with Gasteiger partial charge in [-0.15, -0.1) is 0 Å². The molecule has 0 aliphatic carbocycles. The minimum Gasteiger partial charge on any atom is -0.253 e. The Hall–Kier alpha value is -1.44. The van der Waals surface area contributed by atoms with Gasteiger partial charge in [0.2, 0.25) is 0 Å². The summed E-state index contributed by atoms with van der Waals surface area (Å²) in [5.41, 5.74) is 6.48. The highest BCUT2D eigenvalue weighted by Gasteiger charge is 2.29. The Morgan fingerprint density at radius 3 is 2.00 bits per heavy atom. The zero-order valence-electron chi connectivity index (χ0n) is 20.9. The van der Waals surface area contributed by atoms with E-state index in [2.05, 4.69) is 60.6 Å². The second kappa shape index (κ2) is 11.3. The van der Waals surface area contributed by atoms with Crippen LogP contribution < -0.4 is 0 Å². The average Bonchev–Trinajstić information content (AvgIpc) is 2.76. The van der Waals surface area contributed by atoms with Gasteiger partial charge in [-0.05, 0) is 61.3 Å².